The molecule has 1 amide bonds. The second-order valence-electron chi connectivity index (χ2n) is 3.36. The van der Waals surface area contributed by atoms with Crippen molar-refractivity contribution in [2.24, 2.45) is 0 Å². The normalized spacial score (nSPS) is 16.6. The van der Waals surface area contributed by atoms with Gasteiger partial charge in [-0.3, -0.25) is 9.80 Å². The first-order chi connectivity index (χ1) is 6.68. The van der Waals surface area contributed by atoms with E-state index in [4.69, 9.17) is 0 Å². The summed E-state index contributed by atoms with van der Waals surface area (Å²) in [6, 6.07) is 8.20. The van der Waals surface area contributed by atoms with Crippen LogP contribution in [0.15, 0.2) is 24.3 Å². The van der Waals surface area contributed by atoms with Crippen LogP contribution < -0.4 is 5.01 Å². The molecule has 14 heavy (non-hydrogen) atoms. The van der Waals surface area contributed by atoms with Crippen molar-refractivity contribution in [2.45, 2.75) is 13.3 Å². The van der Waals surface area contributed by atoms with E-state index in [1.807, 2.05) is 40.0 Å². The highest BCUT2D eigenvalue weighted by Crippen LogP contribution is 2.25. The highest BCUT2D eigenvalue weighted by Gasteiger charge is 2.26. The molecule has 0 aromatic heterocycles. The number of aryl methyl sites for hydroxylation is 1. The Balaban J connectivity index is 2.23. The lowest BCUT2D eigenvalue weighted by atomic mass is 10.2. The maximum absolute atomic E-state index is 11.3. The Kier molecular flexibility index (Phi) is 2.62. The third-order valence-electron chi connectivity index (χ3n) is 2.29. The van der Waals surface area contributed by atoms with Crippen LogP contribution in [0.4, 0.5) is 5.69 Å². The van der Waals surface area contributed by atoms with E-state index < -0.39 is 0 Å². The second-order valence-corrected chi connectivity index (χ2v) is 4.28. The molecule has 1 saturated heterocycles. The van der Waals surface area contributed by atoms with Crippen LogP contribution >= 0.6 is 22.9 Å². The van der Waals surface area contributed by atoms with Crippen molar-refractivity contribution in [3.05, 3.63) is 29.8 Å². The Labute approximate surface area is 97.2 Å². The summed E-state index contributed by atoms with van der Waals surface area (Å²) < 4.78 is 1.66. The van der Waals surface area contributed by atoms with Crippen LogP contribution in [0, 0.1) is 6.92 Å². The number of carbonyl (C=O) groups excluding carboxylic acids is 1. The van der Waals surface area contributed by atoms with E-state index in [0.29, 0.717) is 6.42 Å². The summed E-state index contributed by atoms with van der Waals surface area (Å²) in [5, 5.41) is 1.99. The fourth-order valence-corrected chi connectivity index (χ4v) is 2.17. The Bertz CT molecular complexity index is 350. The van der Waals surface area contributed by atoms with Gasteiger partial charge in [0.05, 0.1) is 28.6 Å². The molecule has 0 aliphatic carbocycles. The van der Waals surface area contributed by atoms with Gasteiger partial charge in [-0.15, -0.1) is 0 Å². The zero-order chi connectivity index (χ0) is 10.1. The third-order valence-corrected chi connectivity index (χ3v) is 3.35. The molecule has 4 heteroatoms. The molecule has 1 aromatic rings. The van der Waals surface area contributed by atoms with Crippen molar-refractivity contribution < 1.29 is 4.79 Å². The minimum absolute atomic E-state index is 0.172. The molecule has 2 rings (SSSR count). The molecule has 0 saturated carbocycles. The molecule has 1 aliphatic rings. The van der Waals surface area contributed by atoms with Crippen molar-refractivity contribution >= 4 is 34.5 Å². The number of benzene rings is 1. The van der Waals surface area contributed by atoms with Gasteiger partial charge in [0.2, 0.25) is 0 Å². The SMILES string of the molecule is Cc1ccc(N2CCC(=O)N2I)cc1. The predicted octanol–water partition coefficient (Wildman–Crippen LogP) is 2.30. The molecular formula is C10H11IN2O. The molecule has 3 nitrogen and oxygen atoms in total. The lowest BCUT2D eigenvalue weighted by Crippen LogP contribution is -2.30. The van der Waals surface area contributed by atoms with E-state index in [1.165, 1.54) is 5.56 Å². The van der Waals surface area contributed by atoms with E-state index in [1.54, 1.807) is 3.22 Å². The Morgan fingerprint density at radius 3 is 2.43 bits per heavy atom. The van der Waals surface area contributed by atoms with Gasteiger partial charge in [-0.05, 0) is 19.1 Å². The molecule has 0 bridgehead atoms. The van der Waals surface area contributed by atoms with Crippen molar-refractivity contribution in [3.63, 3.8) is 0 Å². The van der Waals surface area contributed by atoms with Gasteiger partial charge < -0.3 is 0 Å². The van der Waals surface area contributed by atoms with Gasteiger partial charge in [-0.1, -0.05) is 17.7 Å². The van der Waals surface area contributed by atoms with Gasteiger partial charge in [0.25, 0.3) is 5.91 Å². The molecule has 0 unspecified atom stereocenters. The van der Waals surface area contributed by atoms with Crippen LogP contribution in [0.3, 0.4) is 0 Å². The van der Waals surface area contributed by atoms with Crippen LogP contribution in [0.1, 0.15) is 12.0 Å². The minimum atomic E-state index is 0.172. The highest BCUT2D eigenvalue weighted by molar-refractivity contribution is 14.1. The molecule has 0 N–H and O–H groups in total. The molecule has 0 spiro atoms. The summed E-state index contributed by atoms with van der Waals surface area (Å²) >= 11 is 2.04. The maximum Gasteiger partial charge on any atom is 0.252 e. The number of hydrogen-bond acceptors (Lipinski definition) is 2. The highest BCUT2D eigenvalue weighted by atomic mass is 127. The fourth-order valence-electron chi connectivity index (χ4n) is 1.46. The topological polar surface area (TPSA) is 23.6 Å². The lowest BCUT2D eigenvalue weighted by molar-refractivity contribution is -0.122. The summed E-state index contributed by atoms with van der Waals surface area (Å²) in [6.45, 7) is 2.84. The molecule has 0 atom stereocenters. The average molecular weight is 302 g/mol. The Hall–Kier alpha value is -0.780. The quantitative estimate of drug-likeness (QED) is 0.587. The number of amides is 1. The van der Waals surface area contributed by atoms with Gasteiger partial charge in [0.15, 0.2) is 0 Å². The van der Waals surface area contributed by atoms with Crippen molar-refractivity contribution in [2.75, 3.05) is 11.6 Å². The molecular weight excluding hydrogens is 291 g/mol. The number of hydrazine groups is 1. The smallest absolute Gasteiger partial charge is 0.252 e. The van der Waals surface area contributed by atoms with Crippen LogP contribution in [0.25, 0.3) is 0 Å². The lowest BCUT2D eigenvalue weighted by Gasteiger charge is -2.23. The van der Waals surface area contributed by atoms with E-state index in [0.717, 1.165) is 12.2 Å². The average Bonchev–Trinajstić information content (AvgIpc) is 2.50. The number of nitrogens with zero attached hydrogens (tertiary/aromatic N) is 2. The first-order valence-electron chi connectivity index (χ1n) is 4.51. The summed E-state index contributed by atoms with van der Waals surface area (Å²) in [5.74, 6) is 0.172. The van der Waals surface area contributed by atoms with E-state index in [9.17, 15) is 4.79 Å². The molecule has 1 fully saturated rings. The van der Waals surface area contributed by atoms with Crippen LogP contribution in [-0.4, -0.2) is 15.7 Å². The van der Waals surface area contributed by atoms with Gasteiger partial charge in [0.1, 0.15) is 0 Å². The zero-order valence-electron chi connectivity index (χ0n) is 7.90. The summed E-state index contributed by atoms with van der Waals surface area (Å²) in [4.78, 5) is 11.3. The minimum Gasteiger partial charge on any atom is -0.273 e. The van der Waals surface area contributed by atoms with Gasteiger partial charge >= 0.3 is 0 Å². The van der Waals surface area contributed by atoms with Gasteiger partial charge in [-0.2, -0.15) is 3.22 Å². The maximum atomic E-state index is 11.3. The first-order valence-corrected chi connectivity index (χ1v) is 5.48. The first kappa shape index (κ1) is 9.76. The van der Waals surface area contributed by atoms with Crippen molar-refractivity contribution in [1.29, 1.82) is 0 Å². The fraction of sp³-hybridized carbons (Fsp3) is 0.300. The zero-order valence-corrected chi connectivity index (χ0v) is 10.1. The second kappa shape index (κ2) is 3.76. The standard InChI is InChI=1S/C10H11IN2O/c1-8-2-4-9(5-3-8)12-7-6-10(14)13(12)11/h2-5H,6-7H2,1H3. The third kappa shape index (κ3) is 1.70. The van der Waals surface area contributed by atoms with Gasteiger partial charge in [-0.25, -0.2) is 0 Å². The number of carbonyl (C=O) groups is 1. The van der Waals surface area contributed by atoms with Crippen molar-refractivity contribution in [1.82, 2.24) is 3.22 Å². The molecule has 1 heterocycles. The summed E-state index contributed by atoms with van der Waals surface area (Å²) in [5.41, 5.74) is 2.31. The van der Waals surface area contributed by atoms with Crippen LogP contribution in [-0.2, 0) is 4.79 Å². The van der Waals surface area contributed by atoms with Gasteiger partial charge in [0, 0.05) is 13.0 Å². The van der Waals surface area contributed by atoms with Crippen molar-refractivity contribution in [3.8, 4) is 0 Å². The van der Waals surface area contributed by atoms with Crippen LogP contribution in [0.5, 0.6) is 0 Å². The Morgan fingerprint density at radius 1 is 1.29 bits per heavy atom. The van der Waals surface area contributed by atoms with E-state index in [-0.39, 0.29) is 5.91 Å². The monoisotopic (exact) mass is 302 g/mol. The molecule has 1 aliphatic heterocycles. The van der Waals surface area contributed by atoms with Crippen LogP contribution in [0.2, 0.25) is 0 Å². The largest absolute Gasteiger partial charge is 0.273 e. The summed E-state index contributed by atoms with van der Waals surface area (Å²) in [6.07, 6.45) is 0.608. The van der Waals surface area contributed by atoms with E-state index in [2.05, 4.69) is 19.1 Å². The number of hydrogen-bond donors (Lipinski definition) is 0. The van der Waals surface area contributed by atoms with E-state index >= 15 is 0 Å². The summed E-state index contributed by atoms with van der Waals surface area (Å²) in [7, 11) is 0. The molecule has 1 aromatic carbocycles. The number of anilines is 1. The number of halogens is 1. The molecule has 74 valence electrons. The Morgan fingerprint density at radius 2 is 1.93 bits per heavy atom. The predicted molar refractivity (Wildman–Crippen MR) is 64.0 cm³/mol. The number of rotatable bonds is 1. The molecule has 0 radical (unpaired) electrons.